The van der Waals surface area contributed by atoms with E-state index in [1.807, 2.05) is 4.90 Å². The topological polar surface area (TPSA) is 70.2 Å². The fourth-order valence-electron chi connectivity index (χ4n) is 2.10. The number of nitro groups is 1. The second-order valence-electron chi connectivity index (χ2n) is 4.64. The number of hydrogen-bond donors (Lipinski definition) is 0. The third kappa shape index (κ3) is 3.48. The largest absolute Gasteiger partial charge is 0.295 e. The van der Waals surface area contributed by atoms with Crippen LogP contribution in [0.4, 0.5) is 10.1 Å². The fourth-order valence-corrected chi connectivity index (χ4v) is 2.10. The van der Waals surface area contributed by atoms with Gasteiger partial charge in [0.2, 0.25) is 0 Å². The summed E-state index contributed by atoms with van der Waals surface area (Å²) in [6, 6.07) is 5.94. The van der Waals surface area contributed by atoms with Crippen molar-refractivity contribution in [3.63, 3.8) is 0 Å². The maximum atomic E-state index is 13.2. The first kappa shape index (κ1) is 13.4. The molecule has 1 aromatic carbocycles. The van der Waals surface area contributed by atoms with Crippen LogP contribution in [0.15, 0.2) is 18.2 Å². The Bertz CT molecular complexity index is 523. The maximum Gasteiger partial charge on any atom is 0.274 e. The van der Waals surface area contributed by atoms with Crippen molar-refractivity contribution >= 4 is 5.69 Å². The van der Waals surface area contributed by atoms with Gasteiger partial charge in [0, 0.05) is 37.2 Å². The summed E-state index contributed by atoms with van der Waals surface area (Å²) in [6.45, 7) is 0.884. The summed E-state index contributed by atoms with van der Waals surface area (Å²) < 4.78 is 13.2. The monoisotopic (exact) mass is 263 g/mol. The van der Waals surface area contributed by atoms with Gasteiger partial charge in [-0.05, 0) is 25.0 Å². The van der Waals surface area contributed by atoms with Gasteiger partial charge in [-0.1, -0.05) is 0 Å². The van der Waals surface area contributed by atoms with Crippen molar-refractivity contribution in [1.29, 1.82) is 5.26 Å². The normalized spacial score (nSPS) is 14.4. The zero-order valence-electron chi connectivity index (χ0n) is 10.4. The van der Waals surface area contributed by atoms with E-state index < -0.39 is 10.7 Å². The maximum absolute atomic E-state index is 13.2. The molecule has 0 N–H and O–H groups in total. The van der Waals surface area contributed by atoms with Crippen molar-refractivity contribution in [3.05, 3.63) is 39.7 Å². The minimum atomic E-state index is -0.496. The molecule has 1 aromatic rings. The average Bonchev–Trinajstić information content (AvgIpc) is 3.18. The van der Waals surface area contributed by atoms with Crippen LogP contribution in [0, 0.1) is 27.3 Å². The van der Waals surface area contributed by atoms with Gasteiger partial charge in [0.25, 0.3) is 5.69 Å². The zero-order chi connectivity index (χ0) is 13.8. The van der Waals surface area contributed by atoms with Crippen molar-refractivity contribution in [2.75, 3.05) is 6.54 Å². The molecule has 1 fully saturated rings. The summed E-state index contributed by atoms with van der Waals surface area (Å²) in [4.78, 5) is 12.4. The third-order valence-corrected chi connectivity index (χ3v) is 3.19. The summed E-state index contributed by atoms with van der Waals surface area (Å²) in [6.07, 6.45) is 2.45. The van der Waals surface area contributed by atoms with Crippen molar-refractivity contribution in [1.82, 2.24) is 4.90 Å². The van der Waals surface area contributed by atoms with Gasteiger partial charge in [-0.2, -0.15) is 5.26 Å². The van der Waals surface area contributed by atoms with Gasteiger partial charge in [-0.3, -0.25) is 15.0 Å². The Morgan fingerprint density at radius 2 is 2.26 bits per heavy atom. The van der Waals surface area contributed by atoms with Gasteiger partial charge in [-0.15, -0.1) is 0 Å². The average molecular weight is 263 g/mol. The Morgan fingerprint density at radius 3 is 2.84 bits per heavy atom. The Morgan fingerprint density at radius 1 is 1.53 bits per heavy atom. The third-order valence-electron chi connectivity index (χ3n) is 3.19. The predicted octanol–water partition coefficient (Wildman–Crippen LogP) is 2.61. The molecule has 0 aromatic heterocycles. The summed E-state index contributed by atoms with van der Waals surface area (Å²) in [5.74, 6) is -0.475. The van der Waals surface area contributed by atoms with Crippen LogP contribution < -0.4 is 0 Å². The molecule has 100 valence electrons. The van der Waals surface area contributed by atoms with Gasteiger partial charge in [0.1, 0.15) is 5.82 Å². The van der Waals surface area contributed by atoms with Crippen LogP contribution in [0.1, 0.15) is 24.8 Å². The van der Waals surface area contributed by atoms with Gasteiger partial charge in [0.15, 0.2) is 0 Å². The van der Waals surface area contributed by atoms with E-state index in [1.165, 1.54) is 12.1 Å². The van der Waals surface area contributed by atoms with Crippen molar-refractivity contribution in [2.24, 2.45) is 0 Å². The van der Waals surface area contributed by atoms with Crippen LogP contribution in [0.2, 0.25) is 0 Å². The van der Waals surface area contributed by atoms with E-state index in [1.54, 1.807) is 0 Å². The van der Waals surface area contributed by atoms with Crippen LogP contribution in [0.25, 0.3) is 0 Å². The lowest BCUT2D eigenvalue weighted by atomic mass is 10.1. The highest BCUT2D eigenvalue weighted by atomic mass is 19.1. The number of nitro benzene ring substituents is 1. The smallest absolute Gasteiger partial charge is 0.274 e. The molecule has 1 aliphatic rings. The molecule has 0 amide bonds. The molecule has 0 atom stereocenters. The lowest BCUT2D eigenvalue weighted by Crippen LogP contribution is -2.27. The highest BCUT2D eigenvalue weighted by molar-refractivity contribution is 5.40. The molecule has 1 saturated carbocycles. The van der Waals surface area contributed by atoms with E-state index in [2.05, 4.69) is 6.07 Å². The van der Waals surface area contributed by atoms with E-state index in [0.717, 1.165) is 18.9 Å². The van der Waals surface area contributed by atoms with E-state index in [-0.39, 0.29) is 5.69 Å². The van der Waals surface area contributed by atoms with Gasteiger partial charge >= 0.3 is 0 Å². The summed E-state index contributed by atoms with van der Waals surface area (Å²) in [5, 5.41) is 19.6. The molecule has 0 radical (unpaired) electrons. The zero-order valence-corrected chi connectivity index (χ0v) is 10.4. The van der Waals surface area contributed by atoms with Crippen molar-refractivity contribution < 1.29 is 9.31 Å². The van der Waals surface area contributed by atoms with E-state index >= 15 is 0 Å². The molecule has 6 heteroatoms. The predicted molar refractivity (Wildman–Crippen MR) is 66.7 cm³/mol. The Hall–Kier alpha value is -2.00. The summed E-state index contributed by atoms with van der Waals surface area (Å²) in [5.41, 5.74) is 0.304. The number of benzene rings is 1. The lowest BCUT2D eigenvalue weighted by molar-refractivity contribution is -0.385. The lowest BCUT2D eigenvalue weighted by Gasteiger charge is -2.20. The van der Waals surface area contributed by atoms with Crippen LogP contribution in [0.5, 0.6) is 0 Å². The van der Waals surface area contributed by atoms with Crippen molar-refractivity contribution in [2.45, 2.75) is 31.8 Å². The minimum Gasteiger partial charge on any atom is -0.295 e. The van der Waals surface area contributed by atoms with Gasteiger partial charge in [0.05, 0.1) is 11.0 Å². The van der Waals surface area contributed by atoms with Crippen LogP contribution in [-0.2, 0) is 6.54 Å². The molecule has 0 saturated heterocycles. The SMILES string of the molecule is N#CCCN(Cc1cc(F)ccc1[N+](=O)[O-])C1CC1. The number of nitriles is 1. The molecule has 0 spiro atoms. The number of nitrogens with zero attached hydrogens (tertiary/aromatic N) is 3. The first-order chi connectivity index (χ1) is 9.11. The molecule has 0 heterocycles. The molecule has 5 nitrogen and oxygen atoms in total. The molecule has 1 aliphatic carbocycles. The van der Waals surface area contributed by atoms with Crippen LogP contribution in [-0.4, -0.2) is 22.4 Å². The van der Waals surface area contributed by atoms with Gasteiger partial charge in [-0.25, -0.2) is 4.39 Å². The number of rotatable bonds is 6. The Labute approximate surface area is 110 Å². The molecule has 19 heavy (non-hydrogen) atoms. The van der Waals surface area contributed by atoms with E-state index in [9.17, 15) is 14.5 Å². The molecule has 0 unspecified atom stereocenters. The molecular weight excluding hydrogens is 249 g/mol. The molecule has 0 bridgehead atoms. The fraction of sp³-hybridized carbons (Fsp3) is 0.462. The van der Waals surface area contributed by atoms with Crippen molar-refractivity contribution in [3.8, 4) is 6.07 Å². The Balaban J connectivity index is 2.17. The number of hydrogen-bond acceptors (Lipinski definition) is 4. The standard InChI is InChI=1S/C13H14FN3O2/c14-11-2-5-13(17(18)19)10(8-11)9-16(7-1-6-15)12-3-4-12/h2,5,8,12H,1,3-4,7,9H2. The van der Waals surface area contributed by atoms with Crippen LogP contribution in [0.3, 0.4) is 0 Å². The van der Waals surface area contributed by atoms with E-state index in [0.29, 0.717) is 31.1 Å². The highest BCUT2D eigenvalue weighted by Gasteiger charge is 2.30. The first-order valence-electron chi connectivity index (χ1n) is 6.15. The van der Waals surface area contributed by atoms with Gasteiger partial charge < -0.3 is 0 Å². The second kappa shape index (κ2) is 5.76. The quantitative estimate of drug-likeness (QED) is 0.584. The molecule has 0 aliphatic heterocycles. The van der Waals surface area contributed by atoms with Crippen LogP contribution >= 0.6 is 0 Å². The molecular formula is C13H14FN3O2. The second-order valence-corrected chi connectivity index (χ2v) is 4.64. The molecule has 2 rings (SSSR count). The highest BCUT2D eigenvalue weighted by Crippen LogP contribution is 2.30. The number of halogens is 1. The minimum absolute atomic E-state index is 0.0657. The summed E-state index contributed by atoms with van der Waals surface area (Å²) >= 11 is 0. The summed E-state index contributed by atoms with van der Waals surface area (Å²) in [7, 11) is 0. The first-order valence-corrected chi connectivity index (χ1v) is 6.15. The Kier molecular flexibility index (Phi) is 4.07. The van der Waals surface area contributed by atoms with E-state index in [4.69, 9.17) is 5.26 Å².